The number of piperazine rings is 1. The highest BCUT2D eigenvalue weighted by molar-refractivity contribution is 7.15. The summed E-state index contributed by atoms with van der Waals surface area (Å²) in [6.07, 6.45) is 1.16. The summed E-state index contributed by atoms with van der Waals surface area (Å²) in [6, 6.07) is 0. The fraction of sp³-hybridized carbons (Fsp3) is 0.786. The number of aromatic nitrogens is 1. The normalized spacial score (nSPS) is 18.8. The van der Waals surface area contributed by atoms with Crippen molar-refractivity contribution in [2.24, 2.45) is 0 Å². The second-order valence-corrected chi connectivity index (χ2v) is 6.50. The van der Waals surface area contributed by atoms with Crippen molar-refractivity contribution in [2.45, 2.75) is 32.7 Å². The van der Waals surface area contributed by atoms with Gasteiger partial charge in [-0.3, -0.25) is 0 Å². The van der Waals surface area contributed by atoms with Crippen LogP contribution in [0.3, 0.4) is 0 Å². The lowest BCUT2D eigenvalue weighted by Gasteiger charge is -2.32. The van der Waals surface area contributed by atoms with Crippen molar-refractivity contribution in [2.75, 3.05) is 45.2 Å². The molecule has 2 rings (SSSR count). The summed E-state index contributed by atoms with van der Waals surface area (Å²) in [5.74, 6) is 0.556. The molecule has 1 aromatic rings. The molecular formula is C14H26N4S. The Balaban J connectivity index is 2.17. The first-order valence-corrected chi connectivity index (χ1v) is 8.05. The van der Waals surface area contributed by atoms with Gasteiger partial charge >= 0.3 is 0 Å². The third-order valence-electron chi connectivity index (χ3n) is 3.91. The number of anilines is 1. The number of thiazole rings is 1. The van der Waals surface area contributed by atoms with Crippen LogP contribution in [0.2, 0.25) is 0 Å². The lowest BCUT2D eigenvalue weighted by atomic mass is 10.0. The van der Waals surface area contributed by atoms with Crippen molar-refractivity contribution in [3.05, 3.63) is 10.6 Å². The van der Waals surface area contributed by atoms with Crippen molar-refractivity contribution in [3.63, 3.8) is 0 Å². The van der Waals surface area contributed by atoms with Gasteiger partial charge in [0.1, 0.15) is 0 Å². The predicted octanol–water partition coefficient (Wildman–Crippen LogP) is 2.13. The van der Waals surface area contributed by atoms with Crippen LogP contribution in [-0.2, 0) is 6.54 Å². The van der Waals surface area contributed by atoms with Crippen LogP contribution in [0.5, 0.6) is 0 Å². The van der Waals surface area contributed by atoms with Gasteiger partial charge in [0.15, 0.2) is 5.13 Å². The molecule has 0 bridgehead atoms. The molecular weight excluding hydrogens is 256 g/mol. The second-order valence-electron chi connectivity index (χ2n) is 5.43. The first kappa shape index (κ1) is 14.8. The van der Waals surface area contributed by atoms with E-state index in [1.54, 1.807) is 0 Å². The molecule has 108 valence electrons. The van der Waals surface area contributed by atoms with E-state index in [0.29, 0.717) is 5.92 Å². The van der Waals surface area contributed by atoms with Gasteiger partial charge in [-0.2, -0.15) is 0 Å². The molecule has 1 aliphatic heterocycles. The summed E-state index contributed by atoms with van der Waals surface area (Å²) in [5, 5.41) is 4.49. The zero-order valence-corrected chi connectivity index (χ0v) is 13.4. The maximum absolute atomic E-state index is 4.93. The standard InChI is InChI=1S/C14H26N4S/c1-5-11(2)13-12(10-15-3)19-14(16-13)18-8-6-17(4)7-9-18/h11,15H,5-10H2,1-4H3. The van der Waals surface area contributed by atoms with Crippen LogP contribution in [0.25, 0.3) is 0 Å². The van der Waals surface area contributed by atoms with E-state index in [0.717, 1.165) is 39.1 Å². The van der Waals surface area contributed by atoms with Gasteiger partial charge in [-0.1, -0.05) is 13.8 Å². The van der Waals surface area contributed by atoms with Crippen LogP contribution in [0, 0.1) is 0 Å². The lowest BCUT2D eigenvalue weighted by molar-refractivity contribution is 0.312. The van der Waals surface area contributed by atoms with Crippen LogP contribution < -0.4 is 10.2 Å². The largest absolute Gasteiger partial charge is 0.346 e. The summed E-state index contributed by atoms with van der Waals surface area (Å²) < 4.78 is 0. The van der Waals surface area contributed by atoms with Crippen LogP contribution >= 0.6 is 11.3 Å². The molecule has 1 fully saturated rings. The van der Waals surface area contributed by atoms with E-state index < -0.39 is 0 Å². The predicted molar refractivity (Wildman–Crippen MR) is 83.3 cm³/mol. The minimum atomic E-state index is 0.556. The van der Waals surface area contributed by atoms with Crippen LogP contribution in [0.4, 0.5) is 5.13 Å². The highest BCUT2D eigenvalue weighted by Crippen LogP contribution is 2.32. The monoisotopic (exact) mass is 282 g/mol. The Morgan fingerprint density at radius 1 is 1.32 bits per heavy atom. The number of rotatable bonds is 5. The minimum Gasteiger partial charge on any atom is -0.346 e. The average Bonchev–Trinajstić information content (AvgIpc) is 2.83. The summed E-state index contributed by atoms with van der Waals surface area (Å²) in [7, 11) is 4.20. The summed E-state index contributed by atoms with van der Waals surface area (Å²) in [5.41, 5.74) is 1.30. The molecule has 1 atom stereocenters. The quantitative estimate of drug-likeness (QED) is 0.896. The Morgan fingerprint density at radius 2 is 2.00 bits per heavy atom. The lowest BCUT2D eigenvalue weighted by Crippen LogP contribution is -2.44. The van der Waals surface area contributed by atoms with E-state index in [1.807, 2.05) is 18.4 Å². The topological polar surface area (TPSA) is 31.4 Å². The SMILES string of the molecule is CCC(C)c1nc(N2CCN(C)CC2)sc1CNC. The Labute approximate surface area is 120 Å². The molecule has 0 aromatic carbocycles. The maximum Gasteiger partial charge on any atom is 0.185 e. The highest BCUT2D eigenvalue weighted by Gasteiger charge is 2.21. The number of nitrogens with zero attached hydrogens (tertiary/aromatic N) is 3. The molecule has 4 nitrogen and oxygen atoms in total. The van der Waals surface area contributed by atoms with Gasteiger partial charge in [0.05, 0.1) is 5.69 Å². The molecule has 1 saturated heterocycles. The van der Waals surface area contributed by atoms with E-state index in [9.17, 15) is 0 Å². The molecule has 5 heteroatoms. The van der Waals surface area contributed by atoms with Gasteiger partial charge < -0.3 is 15.1 Å². The summed E-state index contributed by atoms with van der Waals surface area (Å²) in [6.45, 7) is 9.93. The number of likely N-dealkylation sites (N-methyl/N-ethyl adjacent to an activating group) is 1. The Hall–Kier alpha value is -0.650. The van der Waals surface area contributed by atoms with Gasteiger partial charge in [0.25, 0.3) is 0 Å². The summed E-state index contributed by atoms with van der Waals surface area (Å²) >= 11 is 1.87. The molecule has 1 aromatic heterocycles. The molecule has 0 radical (unpaired) electrons. The van der Waals surface area contributed by atoms with E-state index in [4.69, 9.17) is 4.98 Å². The molecule has 1 aliphatic rings. The van der Waals surface area contributed by atoms with Gasteiger partial charge in [-0.05, 0) is 26.4 Å². The van der Waals surface area contributed by atoms with Crippen molar-refractivity contribution in [1.29, 1.82) is 0 Å². The third kappa shape index (κ3) is 3.46. The van der Waals surface area contributed by atoms with Gasteiger partial charge in [-0.15, -0.1) is 11.3 Å². The molecule has 0 spiro atoms. The first-order valence-electron chi connectivity index (χ1n) is 7.23. The Kier molecular flexibility index (Phi) is 5.19. The zero-order chi connectivity index (χ0) is 13.8. The number of hydrogen-bond acceptors (Lipinski definition) is 5. The van der Waals surface area contributed by atoms with E-state index in [1.165, 1.54) is 15.7 Å². The van der Waals surface area contributed by atoms with E-state index in [2.05, 4.69) is 36.0 Å². The van der Waals surface area contributed by atoms with Gasteiger partial charge in [-0.25, -0.2) is 4.98 Å². The molecule has 1 unspecified atom stereocenters. The molecule has 19 heavy (non-hydrogen) atoms. The smallest absolute Gasteiger partial charge is 0.185 e. The zero-order valence-electron chi connectivity index (χ0n) is 12.6. The number of hydrogen-bond donors (Lipinski definition) is 1. The Bertz CT molecular complexity index is 396. The fourth-order valence-corrected chi connectivity index (χ4v) is 3.59. The van der Waals surface area contributed by atoms with Crippen molar-refractivity contribution in [1.82, 2.24) is 15.2 Å². The van der Waals surface area contributed by atoms with Crippen molar-refractivity contribution < 1.29 is 0 Å². The minimum absolute atomic E-state index is 0.556. The van der Waals surface area contributed by atoms with E-state index in [-0.39, 0.29) is 0 Å². The third-order valence-corrected chi connectivity index (χ3v) is 5.04. The Morgan fingerprint density at radius 3 is 2.58 bits per heavy atom. The average molecular weight is 282 g/mol. The molecule has 2 heterocycles. The molecule has 0 aliphatic carbocycles. The van der Waals surface area contributed by atoms with Crippen LogP contribution in [0.15, 0.2) is 0 Å². The van der Waals surface area contributed by atoms with E-state index >= 15 is 0 Å². The molecule has 0 saturated carbocycles. The van der Waals surface area contributed by atoms with Crippen LogP contribution in [-0.4, -0.2) is 50.2 Å². The molecule has 1 N–H and O–H groups in total. The summed E-state index contributed by atoms with van der Waals surface area (Å²) in [4.78, 5) is 11.2. The number of nitrogens with one attached hydrogen (secondary N) is 1. The fourth-order valence-electron chi connectivity index (χ4n) is 2.35. The molecule has 0 amide bonds. The van der Waals surface area contributed by atoms with Gasteiger partial charge in [0, 0.05) is 37.6 Å². The van der Waals surface area contributed by atoms with Gasteiger partial charge in [0.2, 0.25) is 0 Å². The van der Waals surface area contributed by atoms with Crippen LogP contribution in [0.1, 0.15) is 36.8 Å². The first-order chi connectivity index (χ1) is 9.15. The van der Waals surface area contributed by atoms with Crippen molar-refractivity contribution in [3.8, 4) is 0 Å². The second kappa shape index (κ2) is 6.68. The van der Waals surface area contributed by atoms with Crippen molar-refractivity contribution >= 4 is 16.5 Å². The maximum atomic E-state index is 4.93. The highest BCUT2D eigenvalue weighted by atomic mass is 32.1.